The monoisotopic (exact) mass is 466 g/mol. The summed E-state index contributed by atoms with van der Waals surface area (Å²) in [5.41, 5.74) is 1.23. The van der Waals surface area contributed by atoms with Gasteiger partial charge in [-0.05, 0) is 36.2 Å². The van der Waals surface area contributed by atoms with Crippen LogP contribution in [0, 0.1) is 0 Å². The van der Waals surface area contributed by atoms with Gasteiger partial charge in [-0.15, -0.1) is 0 Å². The van der Waals surface area contributed by atoms with Crippen molar-refractivity contribution in [3.63, 3.8) is 0 Å². The summed E-state index contributed by atoms with van der Waals surface area (Å²) in [5, 5.41) is 11.2. The smallest absolute Gasteiger partial charge is 0.295 e. The van der Waals surface area contributed by atoms with Gasteiger partial charge in [-0.3, -0.25) is 14.5 Å². The number of aliphatic hydroxyl groups excluding tert-OH is 1. The molecule has 0 saturated carbocycles. The summed E-state index contributed by atoms with van der Waals surface area (Å²) in [4.78, 5) is 30.1. The van der Waals surface area contributed by atoms with Crippen molar-refractivity contribution in [2.75, 3.05) is 53.6 Å². The first-order valence-corrected chi connectivity index (χ1v) is 11.4. The van der Waals surface area contributed by atoms with Crippen molar-refractivity contribution in [1.82, 2.24) is 9.80 Å². The van der Waals surface area contributed by atoms with Gasteiger partial charge in [-0.2, -0.15) is 0 Å². The van der Waals surface area contributed by atoms with Crippen LogP contribution in [0.5, 0.6) is 11.5 Å². The van der Waals surface area contributed by atoms with E-state index in [0.29, 0.717) is 43.2 Å². The molecule has 0 bridgehead atoms. The fourth-order valence-electron chi connectivity index (χ4n) is 4.46. The molecule has 180 valence electrons. The number of morpholine rings is 1. The second kappa shape index (κ2) is 10.7. The number of ketones is 1. The van der Waals surface area contributed by atoms with E-state index in [4.69, 9.17) is 14.2 Å². The van der Waals surface area contributed by atoms with Crippen molar-refractivity contribution >= 4 is 17.4 Å². The summed E-state index contributed by atoms with van der Waals surface area (Å²) in [6.45, 7) is 4.33. The highest BCUT2D eigenvalue weighted by Crippen LogP contribution is 2.40. The standard InChI is InChI=1S/C26H30N2O6/c1-32-20-9-7-18(8-10-20)23-22(24(29)19-5-3-6-21(17-19)33-2)25(30)26(31)28(23)12-4-11-27-13-15-34-16-14-27/h3,5-10,17,23,29H,4,11-16H2,1-2H3/t23-/m1/s1. The minimum absolute atomic E-state index is 0.0785. The molecule has 1 atom stereocenters. The van der Waals surface area contributed by atoms with Crippen LogP contribution >= 0.6 is 0 Å². The van der Waals surface area contributed by atoms with Gasteiger partial charge in [0.25, 0.3) is 11.7 Å². The quantitative estimate of drug-likeness (QED) is 0.364. The normalized spacial score (nSPS) is 20.5. The highest BCUT2D eigenvalue weighted by Gasteiger charge is 2.45. The summed E-state index contributed by atoms with van der Waals surface area (Å²) >= 11 is 0. The van der Waals surface area contributed by atoms with Gasteiger partial charge in [-0.1, -0.05) is 24.3 Å². The molecule has 2 aliphatic heterocycles. The molecule has 0 radical (unpaired) electrons. The average molecular weight is 467 g/mol. The number of carbonyl (C=O) groups is 2. The lowest BCUT2D eigenvalue weighted by Crippen LogP contribution is -2.38. The van der Waals surface area contributed by atoms with E-state index >= 15 is 0 Å². The number of carbonyl (C=O) groups excluding carboxylic acids is 2. The maximum atomic E-state index is 13.2. The summed E-state index contributed by atoms with van der Waals surface area (Å²) in [6.07, 6.45) is 0.707. The number of rotatable bonds is 8. The third-order valence-corrected chi connectivity index (χ3v) is 6.29. The molecule has 2 heterocycles. The molecule has 4 rings (SSSR count). The van der Waals surface area contributed by atoms with Crippen molar-refractivity contribution in [3.05, 3.63) is 65.2 Å². The Morgan fingerprint density at radius 3 is 2.38 bits per heavy atom. The second-order valence-electron chi connectivity index (χ2n) is 8.31. The van der Waals surface area contributed by atoms with E-state index in [2.05, 4.69) is 4.90 Å². The zero-order valence-corrected chi connectivity index (χ0v) is 19.5. The Hall–Kier alpha value is -3.36. The molecule has 2 aromatic rings. The van der Waals surface area contributed by atoms with Crippen LogP contribution in [0.25, 0.3) is 5.76 Å². The molecule has 0 spiro atoms. The van der Waals surface area contributed by atoms with Crippen LogP contribution in [0.15, 0.2) is 54.1 Å². The Labute approximate surface area is 199 Å². The predicted molar refractivity (Wildman–Crippen MR) is 127 cm³/mol. The Balaban J connectivity index is 1.68. The van der Waals surface area contributed by atoms with E-state index in [9.17, 15) is 14.7 Å². The van der Waals surface area contributed by atoms with E-state index in [-0.39, 0.29) is 11.3 Å². The molecule has 34 heavy (non-hydrogen) atoms. The molecular weight excluding hydrogens is 436 g/mol. The maximum absolute atomic E-state index is 13.2. The molecule has 1 N–H and O–H groups in total. The number of hydrogen-bond donors (Lipinski definition) is 1. The molecule has 2 aliphatic rings. The first kappa shape index (κ1) is 23.8. The maximum Gasteiger partial charge on any atom is 0.295 e. The summed E-state index contributed by atoms with van der Waals surface area (Å²) in [5.74, 6) is -0.292. The van der Waals surface area contributed by atoms with Crippen molar-refractivity contribution in [2.45, 2.75) is 12.5 Å². The third kappa shape index (κ3) is 4.93. The largest absolute Gasteiger partial charge is 0.507 e. The van der Waals surface area contributed by atoms with Crippen LogP contribution in [-0.2, 0) is 14.3 Å². The number of hydrogen-bond acceptors (Lipinski definition) is 7. The van der Waals surface area contributed by atoms with Crippen LogP contribution in [0.3, 0.4) is 0 Å². The van der Waals surface area contributed by atoms with Gasteiger partial charge in [0.15, 0.2) is 0 Å². The minimum Gasteiger partial charge on any atom is -0.507 e. The lowest BCUT2D eigenvalue weighted by atomic mass is 9.95. The SMILES string of the molecule is COc1ccc([C@@H]2C(=C(O)c3cccc(OC)c3)C(=O)C(=O)N2CCCN2CCOCC2)cc1. The van der Waals surface area contributed by atoms with Crippen molar-refractivity contribution in [1.29, 1.82) is 0 Å². The van der Waals surface area contributed by atoms with Crippen LogP contribution in [0.1, 0.15) is 23.6 Å². The molecule has 2 fully saturated rings. The van der Waals surface area contributed by atoms with Gasteiger partial charge in [0, 0.05) is 31.7 Å². The van der Waals surface area contributed by atoms with E-state index in [1.54, 1.807) is 48.4 Å². The fraction of sp³-hybridized carbons (Fsp3) is 0.385. The van der Waals surface area contributed by atoms with Crippen LogP contribution in [0.4, 0.5) is 0 Å². The fourth-order valence-corrected chi connectivity index (χ4v) is 4.46. The average Bonchev–Trinajstić information content (AvgIpc) is 3.14. The van der Waals surface area contributed by atoms with E-state index in [0.717, 1.165) is 25.2 Å². The van der Waals surface area contributed by atoms with Gasteiger partial charge in [-0.25, -0.2) is 0 Å². The van der Waals surface area contributed by atoms with Gasteiger partial charge >= 0.3 is 0 Å². The number of ether oxygens (including phenoxy) is 3. The molecule has 2 saturated heterocycles. The zero-order valence-electron chi connectivity index (χ0n) is 19.5. The third-order valence-electron chi connectivity index (χ3n) is 6.29. The van der Waals surface area contributed by atoms with E-state index < -0.39 is 17.7 Å². The topological polar surface area (TPSA) is 88.5 Å². The van der Waals surface area contributed by atoms with Gasteiger partial charge in [0.1, 0.15) is 17.3 Å². The van der Waals surface area contributed by atoms with Gasteiger partial charge in [0.2, 0.25) is 0 Å². The molecule has 0 aromatic heterocycles. The minimum atomic E-state index is -0.693. The number of benzene rings is 2. The lowest BCUT2D eigenvalue weighted by molar-refractivity contribution is -0.140. The second-order valence-corrected chi connectivity index (χ2v) is 8.31. The number of Topliss-reactive ketones (excluding diaryl/α,β-unsaturated/α-hetero) is 1. The summed E-state index contributed by atoms with van der Waals surface area (Å²) in [7, 11) is 3.11. The van der Waals surface area contributed by atoms with Crippen molar-refractivity contribution in [3.8, 4) is 11.5 Å². The highest BCUT2D eigenvalue weighted by atomic mass is 16.5. The van der Waals surface area contributed by atoms with Gasteiger partial charge in [0.05, 0.1) is 39.0 Å². The molecule has 0 unspecified atom stereocenters. The number of methoxy groups -OCH3 is 2. The molecule has 2 aromatic carbocycles. The Bertz CT molecular complexity index is 1060. The molecule has 8 nitrogen and oxygen atoms in total. The zero-order chi connectivity index (χ0) is 24.1. The number of amides is 1. The Morgan fingerprint density at radius 2 is 1.71 bits per heavy atom. The van der Waals surface area contributed by atoms with Crippen LogP contribution < -0.4 is 9.47 Å². The lowest BCUT2D eigenvalue weighted by Gasteiger charge is -2.29. The van der Waals surface area contributed by atoms with E-state index in [1.807, 2.05) is 12.1 Å². The number of nitrogens with zero attached hydrogens (tertiary/aromatic N) is 2. The first-order chi connectivity index (χ1) is 16.5. The summed E-state index contributed by atoms with van der Waals surface area (Å²) in [6, 6.07) is 13.3. The number of likely N-dealkylation sites (tertiary alicyclic amines) is 1. The molecule has 8 heteroatoms. The first-order valence-electron chi connectivity index (χ1n) is 11.4. The van der Waals surface area contributed by atoms with Crippen molar-refractivity contribution < 1.29 is 28.9 Å². The van der Waals surface area contributed by atoms with Crippen LogP contribution in [-0.4, -0.2) is 80.2 Å². The summed E-state index contributed by atoms with van der Waals surface area (Å²) < 4.78 is 15.9. The highest BCUT2D eigenvalue weighted by molar-refractivity contribution is 6.46. The molecular formula is C26H30N2O6. The molecule has 1 amide bonds. The number of aliphatic hydroxyl groups is 1. The Kier molecular flexibility index (Phi) is 7.49. The van der Waals surface area contributed by atoms with Crippen molar-refractivity contribution in [2.24, 2.45) is 0 Å². The van der Waals surface area contributed by atoms with Crippen LogP contribution in [0.2, 0.25) is 0 Å². The van der Waals surface area contributed by atoms with Gasteiger partial charge < -0.3 is 24.2 Å². The predicted octanol–water partition coefficient (Wildman–Crippen LogP) is 2.85. The van der Waals surface area contributed by atoms with E-state index in [1.165, 1.54) is 7.11 Å². The Morgan fingerprint density at radius 1 is 1.00 bits per heavy atom. The molecule has 0 aliphatic carbocycles.